The first kappa shape index (κ1) is 25.9. The number of hydrogen-bond donors (Lipinski definition) is 1. The fraction of sp³-hybridized carbons (Fsp3) is 0.560. The zero-order chi connectivity index (χ0) is 26.2. The first-order chi connectivity index (χ1) is 17.6. The van der Waals surface area contributed by atoms with Crippen molar-refractivity contribution in [3.8, 4) is 5.19 Å². The van der Waals surface area contributed by atoms with Crippen molar-refractivity contribution >= 4 is 28.1 Å². The molecule has 1 aliphatic carbocycles. The maximum atomic E-state index is 15.6. The van der Waals surface area contributed by atoms with E-state index in [0.717, 1.165) is 32.8 Å². The summed E-state index contributed by atoms with van der Waals surface area (Å²) in [5.41, 5.74) is 0.750. The number of aryl methyl sites for hydroxylation is 1. The minimum Gasteiger partial charge on any atom is -0.460 e. The van der Waals surface area contributed by atoms with Gasteiger partial charge in [0.05, 0.1) is 16.8 Å². The van der Waals surface area contributed by atoms with Crippen LogP contribution in [0.15, 0.2) is 24.4 Å². The highest BCUT2D eigenvalue weighted by atomic mass is 32.1. The van der Waals surface area contributed by atoms with Gasteiger partial charge in [-0.2, -0.15) is 18.3 Å². The van der Waals surface area contributed by atoms with E-state index in [2.05, 4.69) is 20.3 Å². The van der Waals surface area contributed by atoms with Gasteiger partial charge >= 0.3 is 6.18 Å². The smallest absolute Gasteiger partial charge is 0.422 e. The van der Waals surface area contributed by atoms with Crippen molar-refractivity contribution in [1.82, 2.24) is 25.0 Å². The quantitative estimate of drug-likeness (QED) is 0.437. The number of fused-ring (bicyclic) bond motifs is 2. The molecule has 0 bridgehead atoms. The molecule has 2 aromatic heterocycles. The molecule has 5 rings (SSSR count). The van der Waals surface area contributed by atoms with E-state index in [4.69, 9.17) is 4.74 Å². The summed E-state index contributed by atoms with van der Waals surface area (Å²) in [7, 11) is 1.81. The van der Waals surface area contributed by atoms with Crippen molar-refractivity contribution in [1.29, 1.82) is 0 Å². The number of rotatable bonds is 7. The predicted octanol–water partition coefficient (Wildman–Crippen LogP) is 4.80. The zero-order valence-electron chi connectivity index (χ0n) is 20.5. The van der Waals surface area contributed by atoms with Gasteiger partial charge in [-0.25, -0.2) is 9.37 Å². The molecule has 0 atom stereocenters. The van der Waals surface area contributed by atoms with E-state index in [-0.39, 0.29) is 17.1 Å². The molecule has 1 aromatic carbocycles. The van der Waals surface area contributed by atoms with E-state index < -0.39 is 18.5 Å². The molecular formula is C25H29F4N5O2S. The number of amides is 1. The van der Waals surface area contributed by atoms with E-state index >= 15 is 4.39 Å². The van der Waals surface area contributed by atoms with Crippen molar-refractivity contribution in [2.75, 3.05) is 19.7 Å². The first-order valence-corrected chi connectivity index (χ1v) is 13.2. The Balaban J connectivity index is 1.09. The second-order valence-electron chi connectivity index (χ2n) is 9.97. The minimum absolute atomic E-state index is 0.0336. The molecule has 37 heavy (non-hydrogen) atoms. The number of halogens is 4. The summed E-state index contributed by atoms with van der Waals surface area (Å²) >= 11 is 1.16. The van der Waals surface area contributed by atoms with Gasteiger partial charge in [-0.05, 0) is 50.7 Å². The Bertz CT molecular complexity index is 1270. The van der Waals surface area contributed by atoms with Crippen LogP contribution in [0.3, 0.4) is 0 Å². The normalized spacial score (nSPS) is 22.7. The minimum atomic E-state index is -4.40. The highest BCUT2D eigenvalue weighted by Crippen LogP contribution is 2.36. The molecule has 1 aliphatic heterocycles. The Morgan fingerprint density at radius 1 is 1.30 bits per heavy atom. The van der Waals surface area contributed by atoms with E-state index in [1.54, 1.807) is 10.7 Å². The molecule has 12 heteroatoms. The second-order valence-corrected chi connectivity index (χ2v) is 11.0. The standard InChI is InChI=1S/C25H29F4N5O2S/c1-33-13-18-17(3-2-4-19(18)32-33)22(35)30-16-5-8-24(26,9-6-16)10-12-34-11-7-21-20(14-34)31-23(37-21)36-15-25(27,28)29/h2-4,13,16H,5-12,14-15H2,1H3,(H,30,35). The summed E-state index contributed by atoms with van der Waals surface area (Å²) in [5, 5.41) is 8.24. The van der Waals surface area contributed by atoms with Gasteiger partial charge in [-0.1, -0.05) is 17.4 Å². The summed E-state index contributed by atoms with van der Waals surface area (Å²) in [4.78, 5) is 20.1. The molecule has 0 radical (unpaired) electrons. The van der Waals surface area contributed by atoms with Crippen LogP contribution in [0, 0.1) is 0 Å². The summed E-state index contributed by atoms with van der Waals surface area (Å²) in [6.07, 6.45) is 0.356. The molecule has 1 fully saturated rings. The van der Waals surface area contributed by atoms with Crippen LogP contribution in [0.4, 0.5) is 17.6 Å². The number of thiazole rings is 1. The highest BCUT2D eigenvalue weighted by Gasteiger charge is 2.36. The van der Waals surface area contributed by atoms with Crippen LogP contribution in [-0.2, 0) is 20.0 Å². The van der Waals surface area contributed by atoms with Crippen LogP contribution < -0.4 is 10.1 Å². The topological polar surface area (TPSA) is 72.3 Å². The van der Waals surface area contributed by atoms with Gasteiger partial charge in [0.2, 0.25) is 0 Å². The van der Waals surface area contributed by atoms with Crippen LogP contribution >= 0.6 is 11.3 Å². The molecule has 200 valence electrons. The maximum absolute atomic E-state index is 15.6. The maximum Gasteiger partial charge on any atom is 0.422 e. The molecule has 3 aromatic rings. The number of carbonyl (C=O) groups is 1. The molecule has 1 saturated carbocycles. The van der Waals surface area contributed by atoms with Crippen LogP contribution in [0.25, 0.3) is 10.9 Å². The number of carbonyl (C=O) groups excluding carboxylic acids is 1. The summed E-state index contributed by atoms with van der Waals surface area (Å²) in [6, 6.07) is 5.37. The molecule has 0 unspecified atom stereocenters. The lowest BCUT2D eigenvalue weighted by Gasteiger charge is -2.36. The van der Waals surface area contributed by atoms with Gasteiger partial charge in [0.15, 0.2) is 6.61 Å². The number of benzene rings is 1. The van der Waals surface area contributed by atoms with Crippen molar-refractivity contribution in [3.63, 3.8) is 0 Å². The molecule has 2 aliphatic rings. The fourth-order valence-corrected chi connectivity index (χ4v) is 6.04. The van der Waals surface area contributed by atoms with E-state index in [0.29, 0.717) is 63.7 Å². The Labute approximate surface area is 215 Å². The van der Waals surface area contributed by atoms with E-state index in [1.807, 2.05) is 25.4 Å². The SMILES string of the molecule is Cn1cc2c(C(=O)NC3CCC(F)(CCN4CCc5sc(OCC(F)(F)F)nc5C4)CC3)cccc2n1. The van der Waals surface area contributed by atoms with Gasteiger partial charge < -0.3 is 10.1 Å². The zero-order valence-corrected chi connectivity index (χ0v) is 21.3. The van der Waals surface area contributed by atoms with Crippen LogP contribution in [0.5, 0.6) is 5.19 Å². The lowest BCUT2D eigenvalue weighted by Crippen LogP contribution is -2.43. The molecular weight excluding hydrogens is 510 g/mol. The highest BCUT2D eigenvalue weighted by molar-refractivity contribution is 7.13. The average molecular weight is 540 g/mol. The molecule has 0 saturated heterocycles. The summed E-state index contributed by atoms with van der Waals surface area (Å²) in [5.74, 6) is -0.166. The van der Waals surface area contributed by atoms with Crippen molar-refractivity contribution in [2.45, 2.75) is 63.0 Å². The third-order valence-electron chi connectivity index (χ3n) is 7.15. The molecule has 3 heterocycles. The summed E-state index contributed by atoms with van der Waals surface area (Å²) < 4.78 is 59.3. The third kappa shape index (κ3) is 6.23. The molecule has 7 nitrogen and oxygen atoms in total. The number of nitrogens with one attached hydrogen (secondary N) is 1. The Morgan fingerprint density at radius 3 is 2.84 bits per heavy atom. The van der Waals surface area contributed by atoms with Gasteiger partial charge in [0.25, 0.3) is 11.1 Å². The van der Waals surface area contributed by atoms with E-state index in [1.165, 1.54) is 0 Å². The largest absolute Gasteiger partial charge is 0.460 e. The van der Waals surface area contributed by atoms with Crippen LogP contribution in [0.2, 0.25) is 0 Å². The van der Waals surface area contributed by atoms with Gasteiger partial charge in [-0.15, -0.1) is 0 Å². The monoisotopic (exact) mass is 539 g/mol. The number of nitrogens with zero attached hydrogens (tertiary/aromatic N) is 4. The Kier molecular flexibility index (Phi) is 7.14. The Hall–Kier alpha value is -2.73. The number of alkyl halides is 4. The van der Waals surface area contributed by atoms with Crippen molar-refractivity contribution in [2.24, 2.45) is 7.05 Å². The van der Waals surface area contributed by atoms with Crippen LogP contribution in [-0.4, -0.2) is 63.2 Å². The lowest BCUT2D eigenvalue weighted by molar-refractivity contribution is -0.153. The third-order valence-corrected chi connectivity index (χ3v) is 8.22. The lowest BCUT2D eigenvalue weighted by atomic mass is 9.81. The van der Waals surface area contributed by atoms with E-state index in [9.17, 15) is 18.0 Å². The molecule has 1 amide bonds. The molecule has 0 spiro atoms. The number of hydrogen-bond acceptors (Lipinski definition) is 6. The molecule has 1 N–H and O–H groups in total. The summed E-state index contributed by atoms with van der Waals surface area (Å²) in [6.45, 7) is 0.388. The van der Waals surface area contributed by atoms with Crippen LogP contribution in [0.1, 0.15) is 53.0 Å². The predicted molar refractivity (Wildman–Crippen MR) is 132 cm³/mol. The number of ether oxygens (including phenoxy) is 1. The Morgan fingerprint density at radius 2 is 2.08 bits per heavy atom. The number of aromatic nitrogens is 3. The van der Waals surface area contributed by atoms with Gasteiger partial charge in [-0.3, -0.25) is 14.4 Å². The second kappa shape index (κ2) is 10.2. The van der Waals surface area contributed by atoms with Crippen molar-refractivity contribution in [3.05, 3.63) is 40.5 Å². The van der Waals surface area contributed by atoms with Gasteiger partial charge in [0, 0.05) is 49.2 Å². The average Bonchev–Trinajstić information content (AvgIpc) is 3.44. The van der Waals surface area contributed by atoms with Gasteiger partial charge in [0.1, 0.15) is 5.67 Å². The van der Waals surface area contributed by atoms with Crippen molar-refractivity contribution < 1.29 is 27.1 Å². The first-order valence-electron chi connectivity index (χ1n) is 12.4. The fourth-order valence-electron chi connectivity index (χ4n) is 5.14.